The third-order valence-electron chi connectivity index (χ3n) is 3.47. The van der Waals surface area contributed by atoms with Gasteiger partial charge in [0.2, 0.25) is 5.91 Å². The topological polar surface area (TPSA) is 32.3 Å². The molecule has 1 atom stereocenters. The van der Waals surface area contributed by atoms with E-state index < -0.39 is 0 Å². The molecule has 0 saturated heterocycles. The summed E-state index contributed by atoms with van der Waals surface area (Å²) in [4.78, 5) is 14.0. The van der Waals surface area contributed by atoms with Crippen LogP contribution in [-0.2, 0) is 17.9 Å². The zero-order valence-corrected chi connectivity index (χ0v) is 13.4. The van der Waals surface area contributed by atoms with Crippen molar-refractivity contribution in [3.63, 3.8) is 0 Å². The fourth-order valence-electron chi connectivity index (χ4n) is 1.90. The van der Waals surface area contributed by atoms with Crippen molar-refractivity contribution in [1.82, 2.24) is 10.2 Å². The van der Waals surface area contributed by atoms with Gasteiger partial charge in [-0.1, -0.05) is 45.0 Å². The van der Waals surface area contributed by atoms with Crippen LogP contribution in [-0.4, -0.2) is 29.8 Å². The highest BCUT2D eigenvalue weighted by Gasteiger charge is 2.10. The lowest BCUT2D eigenvalue weighted by atomic mass is 10.1. The highest BCUT2D eigenvalue weighted by Crippen LogP contribution is 2.08. The SMILES string of the molecule is CCN(CC)Cc1ccc(CNC(=O)C(C)CCl)cc1. The van der Waals surface area contributed by atoms with Crippen molar-refractivity contribution in [2.45, 2.75) is 33.9 Å². The van der Waals surface area contributed by atoms with E-state index in [-0.39, 0.29) is 11.8 Å². The third kappa shape index (κ3) is 5.51. The summed E-state index contributed by atoms with van der Waals surface area (Å²) in [5.74, 6) is 0.222. The van der Waals surface area contributed by atoms with E-state index in [2.05, 4.69) is 48.3 Å². The molecule has 4 heteroatoms. The first-order chi connectivity index (χ1) is 9.60. The Kier molecular flexibility index (Phi) is 7.63. The molecule has 1 amide bonds. The van der Waals surface area contributed by atoms with Gasteiger partial charge in [0.15, 0.2) is 0 Å². The number of amides is 1. The maximum Gasteiger partial charge on any atom is 0.224 e. The molecule has 0 aliphatic carbocycles. The van der Waals surface area contributed by atoms with Gasteiger partial charge < -0.3 is 5.32 Å². The normalized spacial score (nSPS) is 12.4. The Hall–Kier alpha value is -1.06. The van der Waals surface area contributed by atoms with Gasteiger partial charge in [-0.3, -0.25) is 9.69 Å². The molecule has 0 radical (unpaired) electrons. The summed E-state index contributed by atoms with van der Waals surface area (Å²) in [7, 11) is 0. The second kappa shape index (κ2) is 8.98. The van der Waals surface area contributed by atoms with E-state index in [1.54, 1.807) is 0 Å². The van der Waals surface area contributed by atoms with Crippen molar-refractivity contribution in [1.29, 1.82) is 0 Å². The highest BCUT2D eigenvalue weighted by atomic mass is 35.5. The summed E-state index contributed by atoms with van der Waals surface area (Å²) in [6.07, 6.45) is 0. The minimum atomic E-state index is -0.140. The average molecular weight is 297 g/mol. The number of hydrogen-bond donors (Lipinski definition) is 1. The fraction of sp³-hybridized carbons (Fsp3) is 0.562. The lowest BCUT2D eigenvalue weighted by molar-refractivity contribution is -0.124. The first-order valence-corrected chi connectivity index (χ1v) is 7.78. The largest absolute Gasteiger partial charge is 0.352 e. The highest BCUT2D eigenvalue weighted by molar-refractivity contribution is 6.19. The average Bonchev–Trinajstić information content (AvgIpc) is 2.50. The van der Waals surface area contributed by atoms with Gasteiger partial charge in [-0.2, -0.15) is 0 Å². The Morgan fingerprint density at radius 2 is 1.75 bits per heavy atom. The van der Waals surface area contributed by atoms with Crippen LogP contribution in [0.5, 0.6) is 0 Å². The molecule has 1 aromatic rings. The maximum absolute atomic E-state index is 11.6. The molecule has 0 fully saturated rings. The van der Waals surface area contributed by atoms with Crippen LogP contribution >= 0.6 is 11.6 Å². The second-order valence-corrected chi connectivity index (χ2v) is 5.36. The number of carbonyl (C=O) groups excluding carboxylic acids is 1. The summed E-state index contributed by atoms with van der Waals surface area (Å²) in [5, 5.41) is 2.90. The number of hydrogen-bond acceptors (Lipinski definition) is 2. The molecular formula is C16H25ClN2O. The summed E-state index contributed by atoms with van der Waals surface area (Å²) in [5.41, 5.74) is 2.42. The molecular weight excluding hydrogens is 272 g/mol. The Morgan fingerprint density at radius 1 is 1.20 bits per heavy atom. The molecule has 0 spiro atoms. The first kappa shape index (κ1) is 17.0. The van der Waals surface area contributed by atoms with E-state index in [0.717, 1.165) is 25.2 Å². The molecule has 0 saturated carbocycles. The van der Waals surface area contributed by atoms with Gasteiger partial charge >= 0.3 is 0 Å². The molecule has 1 N–H and O–H groups in total. The third-order valence-corrected chi connectivity index (χ3v) is 3.93. The van der Waals surface area contributed by atoms with Crippen LogP contribution in [0.3, 0.4) is 0 Å². The van der Waals surface area contributed by atoms with Gasteiger partial charge in [-0.25, -0.2) is 0 Å². The Balaban J connectivity index is 2.48. The quantitative estimate of drug-likeness (QED) is 0.748. The van der Waals surface area contributed by atoms with Gasteiger partial charge in [-0.15, -0.1) is 11.6 Å². The zero-order valence-electron chi connectivity index (χ0n) is 12.7. The molecule has 1 rings (SSSR count). The van der Waals surface area contributed by atoms with Gasteiger partial charge in [0.05, 0.1) is 0 Å². The summed E-state index contributed by atoms with van der Waals surface area (Å²) < 4.78 is 0. The van der Waals surface area contributed by atoms with Gasteiger partial charge in [0.1, 0.15) is 0 Å². The monoisotopic (exact) mass is 296 g/mol. The van der Waals surface area contributed by atoms with Crippen LogP contribution in [0.1, 0.15) is 31.9 Å². The number of carbonyl (C=O) groups is 1. The van der Waals surface area contributed by atoms with E-state index in [1.165, 1.54) is 5.56 Å². The molecule has 112 valence electrons. The minimum Gasteiger partial charge on any atom is -0.352 e. The predicted molar refractivity (Wildman–Crippen MR) is 84.8 cm³/mol. The molecule has 0 aliphatic rings. The first-order valence-electron chi connectivity index (χ1n) is 7.24. The van der Waals surface area contributed by atoms with E-state index >= 15 is 0 Å². The number of alkyl halides is 1. The molecule has 3 nitrogen and oxygen atoms in total. The van der Waals surface area contributed by atoms with Crippen LogP contribution in [0.15, 0.2) is 24.3 Å². The van der Waals surface area contributed by atoms with E-state index in [9.17, 15) is 4.79 Å². The van der Waals surface area contributed by atoms with Gasteiger partial charge in [0, 0.05) is 24.9 Å². The van der Waals surface area contributed by atoms with Crippen molar-refractivity contribution in [3.05, 3.63) is 35.4 Å². The van der Waals surface area contributed by atoms with Crippen molar-refractivity contribution in [2.75, 3.05) is 19.0 Å². The molecule has 0 heterocycles. The van der Waals surface area contributed by atoms with Gasteiger partial charge in [-0.05, 0) is 24.2 Å². The lowest BCUT2D eigenvalue weighted by Crippen LogP contribution is -2.29. The fourth-order valence-corrected chi connectivity index (χ4v) is 2.04. The van der Waals surface area contributed by atoms with E-state index in [1.807, 2.05) is 6.92 Å². The van der Waals surface area contributed by atoms with E-state index in [0.29, 0.717) is 12.4 Å². The summed E-state index contributed by atoms with van der Waals surface area (Å²) in [6, 6.07) is 8.41. The number of rotatable bonds is 8. The van der Waals surface area contributed by atoms with Crippen LogP contribution < -0.4 is 5.32 Å². The minimum absolute atomic E-state index is 0.00668. The molecule has 0 aliphatic heterocycles. The molecule has 20 heavy (non-hydrogen) atoms. The smallest absolute Gasteiger partial charge is 0.224 e. The van der Waals surface area contributed by atoms with Crippen molar-refractivity contribution >= 4 is 17.5 Å². The number of nitrogens with one attached hydrogen (secondary N) is 1. The van der Waals surface area contributed by atoms with Gasteiger partial charge in [0.25, 0.3) is 0 Å². The molecule has 0 aromatic heterocycles. The van der Waals surface area contributed by atoms with Crippen molar-refractivity contribution in [2.24, 2.45) is 5.92 Å². The van der Waals surface area contributed by atoms with E-state index in [4.69, 9.17) is 11.6 Å². The Bertz CT molecular complexity index is 401. The summed E-state index contributed by atoms with van der Waals surface area (Å²) in [6.45, 7) is 9.83. The number of halogens is 1. The number of benzene rings is 1. The standard InChI is InChI=1S/C16H25ClN2O/c1-4-19(5-2)12-15-8-6-14(7-9-15)11-18-16(20)13(3)10-17/h6-9,13H,4-5,10-12H2,1-3H3,(H,18,20). The summed E-state index contributed by atoms with van der Waals surface area (Å²) >= 11 is 5.66. The van der Waals surface area contributed by atoms with Crippen LogP contribution in [0.4, 0.5) is 0 Å². The maximum atomic E-state index is 11.6. The van der Waals surface area contributed by atoms with Crippen LogP contribution in [0.2, 0.25) is 0 Å². The van der Waals surface area contributed by atoms with Crippen LogP contribution in [0, 0.1) is 5.92 Å². The Labute approximate surface area is 127 Å². The molecule has 0 bridgehead atoms. The number of nitrogens with zero attached hydrogens (tertiary/aromatic N) is 1. The Morgan fingerprint density at radius 3 is 2.25 bits per heavy atom. The molecule has 1 aromatic carbocycles. The second-order valence-electron chi connectivity index (χ2n) is 5.05. The lowest BCUT2D eigenvalue weighted by Gasteiger charge is -2.18. The van der Waals surface area contributed by atoms with Crippen molar-refractivity contribution in [3.8, 4) is 0 Å². The van der Waals surface area contributed by atoms with Crippen LogP contribution in [0.25, 0.3) is 0 Å². The predicted octanol–water partition coefficient (Wildman–Crippen LogP) is 3.02. The zero-order chi connectivity index (χ0) is 15.0. The molecule has 1 unspecified atom stereocenters. The van der Waals surface area contributed by atoms with Crippen molar-refractivity contribution < 1.29 is 4.79 Å².